The van der Waals surface area contributed by atoms with Crippen molar-refractivity contribution < 1.29 is 9.63 Å². The van der Waals surface area contributed by atoms with Gasteiger partial charge >= 0.3 is 0 Å². The van der Waals surface area contributed by atoms with E-state index in [2.05, 4.69) is 15.4 Å². The van der Waals surface area contributed by atoms with Crippen molar-refractivity contribution in [1.29, 1.82) is 0 Å². The van der Waals surface area contributed by atoms with Crippen LogP contribution in [-0.4, -0.2) is 22.8 Å². The summed E-state index contributed by atoms with van der Waals surface area (Å²) >= 11 is 0. The average Bonchev–Trinajstić information content (AvgIpc) is 2.47. The molecule has 1 N–H and O–H groups in total. The van der Waals surface area contributed by atoms with Gasteiger partial charge in [0.05, 0.1) is 7.11 Å². The maximum atomic E-state index is 11.2. The SMILES string of the molecule is CCn1nc(C(=O)NOC)cc1C. The van der Waals surface area contributed by atoms with E-state index in [0.29, 0.717) is 5.69 Å². The van der Waals surface area contributed by atoms with E-state index in [-0.39, 0.29) is 5.91 Å². The first kappa shape index (κ1) is 9.73. The maximum Gasteiger partial charge on any atom is 0.295 e. The fourth-order valence-electron chi connectivity index (χ4n) is 1.09. The Bertz CT molecular complexity index is 306. The molecule has 0 saturated carbocycles. The highest BCUT2D eigenvalue weighted by Crippen LogP contribution is 2.02. The quantitative estimate of drug-likeness (QED) is 0.694. The molecule has 1 amide bonds. The van der Waals surface area contributed by atoms with Gasteiger partial charge < -0.3 is 0 Å². The van der Waals surface area contributed by atoms with Crippen molar-refractivity contribution in [2.45, 2.75) is 20.4 Å². The van der Waals surface area contributed by atoms with Gasteiger partial charge in [0.25, 0.3) is 5.91 Å². The molecule has 0 bridgehead atoms. The number of carbonyl (C=O) groups is 1. The van der Waals surface area contributed by atoms with Crippen LogP contribution in [0.15, 0.2) is 6.07 Å². The summed E-state index contributed by atoms with van der Waals surface area (Å²) in [6, 6.07) is 1.72. The summed E-state index contributed by atoms with van der Waals surface area (Å²) < 4.78 is 1.75. The molecule has 1 aromatic rings. The normalized spacial score (nSPS) is 10.1. The molecular formula is C8H13N3O2. The number of aromatic nitrogens is 2. The van der Waals surface area contributed by atoms with Gasteiger partial charge in [-0.25, -0.2) is 5.48 Å². The number of hydrogen-bond donors (Lipinski definition) is 1. The summed E-state index contributed by atoms with van der Waals surface area (Å²) in [5, 5.41) is 4.07. The monoisotopic (exact) mass is 183 g/mol. The van der Waals surface area contributed by atoms with Crippen LogP contribution in [0.3, 0.4) is 0 Å². The number of amides is 1. The van der Waals surface area contributed by atoms with E-state index >= 15 is 0 Å². The molecule has 1 aromatic heterocycles. The van der Waals surface area contributed by atoms with Gasteiger partial charge in [-0.2, -0.15) is 5.10 Å². The van der Waals surface area contributed by atoms with E-state index in [9.17, 15) is 4.79 Å². The molecule has 0 saturated heterocycles. The number of hydrogen-bond acceptors (Lipinski definition) is 3. The van der Waals surface area contributed by atoms with Gasteiger partial charge in [-0.15, -0.1) is 0 Å². The topological polar surface area (TPSA) is 56.2 Å². The molecule has 5 heteroatoms. The van der Waals surface area contributed by atoms with E-state index in [1.165, 1.54) is 7.11 Å². The Balaban J connectivity index is 2.84. The summed E-state index contributed by atoms with van der Waals surface area (Å²) in [4.78, 5) is 15.7. The van der Waals surface area contributed by atoms with Gasteiger partial charge in [0.1, 0.15) is 0 Å². The van der Waals surface area contributed by atoms with Gasteiger partial charge in [0.2, 0.25) is 0 Å². The highest BCUT2D eigenvalue weighted by molar-refractivity contribution is 5.91. The molecule has 72 valence electrons. The molecule has 0 aliphatic heterocycles. The van der Waals surface area contributed by atoms with Crippen molar-refractivity contribution in [3.63, 3.8) is 0 Å². The lowest BCUT2D eigenvalue weighted by atomic mass is 10.3. The fourth-order valence-corrected chi connectivity index (χ4v) is 1.09. The highest BCUT2D eigenvalue weighted by Gasteiger charge is 2.10. The van der Waals surface area contributed by atoms with Crippen molar-refractivity contribution in [3.05, 3.63) is 17.5 Å². The first-order chi connectivity index (χ1) is 6.19. The van der Waals surface area contributed by atoms with Crippen molar-refractivity contribution in [2.24, 2.45) is 0 Å². The number of hydroxylamine groups is 1. The number of nitrogens with zero attached hydrogens (tertiary/aromatic N) is 2. The van der Waals surface area contributed by atoms with Crippen LogP contribution in [0.2, 0.25) is 0 Å². The van der Waals surface area contributed by atoms with Crippen molar-refractivity contribution in [3.8, 4) is 0 Å². The summed E-state index contributed by atoms with van der Waals surface area (Å²) in [6.07, 6.45) is 0. The molecule has 1 rings (SSSR count). The largest absolute Gasteiger partial charge is 0.295 e. The third kappa shape index (κ3) is 2.06. The van der Waals surface area contributed by atoms with E-state index in [0.717, 1.165) is 12.2 Å². The molecule has 0 aliphatic carbocycles. The molecule has 1 heterocycles. The van der Waals surface area contributed by atoms with Gasteiger partial charge in [-0.3, -0.25) is 14.3 Å². The van der Waals surface area contributed by atoms with Crippen molar-refractivity contribution in [2.75, 3.05) is 7.11 Å². The Morgan fingerprint density at radius 3 is 2.92 bits per heavy atom. The maximum absolute atomic E-state index is 11.2. The third-order valence-corrected chi connectivity index (χ3v) is 1.71. The summed E-state index contributed by atoms with van der Waals surface area (Å²) in [6.45, 7) is 4.63. The van der Waals surface area contributed by atoms with E-state index in [1.807, 2.05) is 13.8 Å². The lowest BCUT2D eigenvalue weighted by Gasteiger charge is -1.97. The molecule has 0 radical (unpaired) electrons. The molecule has 13 heavy (non-hydrogen) atoms. The van der Waals surface area contributed by atoms with Crippen LogP contribution in [0.1, 0.15) is 23.1 Å². The zero-order chi connectivity index (χ0) is 9.84. The number of aryl methyl sites for hydroxylation is 2. The Hall–Kier alpha value is -1.36. The number of rotatable bonds is 3. The van der Waals surface area contributed by atoms with Gasteiger partial charge in [0.15, 0.2) is 5.69 Å². The molecule has 0 unspecified atom stereocenters. The average molecular weight is 183 g/mol. The van der Waals surface area contributed by atoms with Crippen LogP contribution in [0.4, 0.5) is 0 Å². The minimum Gasteiger partial charge on any atom is -0.277 e. The minimum atomic E-state index is -0.321. The smallest absolute Gasteiger partial charge is 0.277 e. The van der Waals surface area contributed by atoms with E-state index in [4.69, 9.17) is 0 Å². The summed E-state index contributed by atoms with van der Waals surface area (Å²) in [5.41, 5.74) is 3.55. The van der Waals surface area contributed by atoms with Gasteiger partial charge in [-0.05, 0) is 19.9 Å². The first-order valence-corrected chi connectivity index (χ1v) is 4.06. The van der Waals surface area contributed by atoms with E-state index in [1.54, 1.807) is 10.7 Å². The summed E-state index contributed by atoms with van der Waals surface area (Å²) in [5.74, 6) is -0.321. The lowest BCUT2D eigenvalue weighted by molar-refractivity contribution is 0.0531. The minimum absolute atomic E-state index is 0.321. The number of nitrogens with one attached hydrogen (secondary N) is 1. The second-order valence-electron chi connectivity index (χ2n) is 2.62. The molecular weight excluding hydrogens is 170 g/mol. The zero-order valence-corrected chi connectivity index (χ0v) is 8.00. The van der Waals surface area contributed by atoms with Crippen LogP contribution in [0.5, 0.6) is 0 Å². The predicted molar refractivity (Wildman–Crippen MR) is 47.1 cm³/mol. The molecule has 0 spiro atoms. The van der Waals surface area contributed by atoms with Crippen molar-refractivity contribution in [1.82, 2.24) is 15.3 Å². The standard InChI is InChI=1S/C8H13N3O2/c1-4-11-6(2)5-7(9-11)8(12)10-13-3/h5H,4H2,1-3H3,(H,10,12). The molecule has 0 aliphatic rings. The lowest BCUT2D eigenvalue weighted by Crippen LogP contribution is -2.22. The Morgan fingerprint density at radius 2 is 2.46 bits per heavy atom. The second-order valence-corrected chi connectivity index (χ2v) is 2.62. The Morgan fingerprint density at radius 1 is 1.77 bits per heavy atom. The molecule has 5 nitrogen and oxygen atoms in total. The third-order valence-electron chi connectivity index (χ3n) is 1.71. The Labute approximate surface area is 76.6 Å². The number of carbonyl (C=O) groups excluding carboxylic acids is 1. The van der Waals surface area contributed by atoms with Crippen molar-refractivity contribution >= 4 is 5.91 Å². The van der Waals surface area contributed by atoms with Crippen LogP contribution in [0, 0.1) is 6.92 Å². The Kier molecular flexibility index (Phi) is 3.02. The van der Waals surface area contributed by atoms with Crippen LogP contribution in [-0.2, 0) is 11.4 Å². The van der Waals surface area contributed by atoms with E-state index < -0.39 is 0 Å². The van der Waals surface area contributed by atoms with Crippen LogP contribution in [0.25, 0.3) is 0 Å². The van der Waals surface area contributed by atoms with Gasteiger partial charge in [-0.1, -0.05) is 0 Å². The molecule has 0 fully saturated rings. The molecule has 0 atom stereocenters. The van der Waals surface area contributed by atoms with Crippen LogP contribution >= 0.6 is 0 Å². The molecule has 0 aromatic carbocycles. The summed E-state index contributed by atoms with van der Waals surface area (Å²) in [7, 11) is 1.39. The second kappa shape index (κ2) is 4.04. The highest BCUT2D eigenvalue weighted by atomic mass is 16.6. The first-order valence-electron chi connectivity index (χ1n) is 4.06. The van der Waals surface area contributed by atoms with Gasteiger partial charge in [0, 0.05) is 12.2 Å². The van der Waals surface area contributed by atoms with Crippen LogP contribution < -0.4 is 5.48 Å². The zero-order valence-electron chi connectivity index (χ0n) is 8.00. The predicted octanol–water partition coefficient (Wildman–Crippen LogP) is 0.503. The fraction of sp³-hybridized carbons (Fsp3) is 0.500.